The van der Waals surface area contributed by atoms with Crippen molar-refractivity contribution in [1.82, 2.24) is 20.5 Å². The molecular formula is C14H20N4S. The molecule has 1 saturated heterocycles. The van der Waals surface area contributed by atoms with Gasteiger partial charge in [-0.2, -0.15) is 5.10 Å². The van der Waals surface area contributed by atoms with Gasteiger partial charge in [-0.15, -0.1) is 11.3 Å². The number of nitrogens with one attached hydrogen (secondary N) is 2. The highest BCUT2D eigenvalue weighted by Crippen LogP contribution is 2.36. The number of piperidine rings is 1. The summed E-state index contributed by atoms with van der Waals surface area (Å²) in [5.74, 6) is 1.93. The summed E-state index contributed by atoms with van der Waals surface area (Å²) in [4.78, 5) is 5.92. The minimum atomic E-state index is 0.197. The molecule has 0 amide bonds. The fourth-order valence-electron chi connectivity index (χ4n) is 3.00. The van der Waals surface area contributed by atoms with Gasteiger partial charge in [0, 0.05) is 5.41 Å². The lowest BCUT2D eigenvalue weighted by molar-refractivity contribution is 0.271. The van der Waals surface area contributed by atoms with Gasteiger partial charge in [0.05, 0.1) is 4.88 Å². The molecule has 0 unspecified atom stereocenters. The predicted octanol–water partition coefficient (Wildman–Crippen LogP) is 2.95. The first-order valence-corrected chi connectivity index (χ1v) is 7.89. The van der Waals surface area contributed by atoms with E-state index >= 15 is 0 Å². The zero-order valence-corrected chi connectivity index (χ0v) is 12.1. The molecule has 1 aliphatic rings. The Morgan fingerprint density at radius 1 is 1.37 bits per heavy atom. The number of hydrogen-bond acceptors (Lipinski definition) is 4. The van der Waals surface area contributed by atoms with Crippen LogP contribution in [0.3, 0.4) is 0 Å². The molecule has 0 atom stereocenters. The first kappa shape index (κ1) is 12.8. The standard InChI is InChI=1S/C14H20N4S/c1-2-5-14(6-8-15-9-7-14)13-16-12(17-18-13)11-4-3-10-19-11/h3-4,10,15H,2,5-9H2,1H3,(H,16,17,18). The van der Waals surface area contributed by atoms with Gasteiger partial charge in [0.1, 0.15) is 5.82 Å². The van der Waals surface area contributed by atoms with Crippen LogP contribution in [-0.4, -0.2) is 28.3 Å². The lowest BCUT2D eigenvalue weighted by Gasteiger charge is -2.35. The van der Waals surface area contributed by atoms with Crippen molar-refractivity contribution in [2.45, 2.75) is 38.0 Å². The summed E-state index contributed by atoms with van der Waals surface area (Å²) in [7, 11) is 0. The van der Waals surface area contributed by atoms with E-state index in [-0.39, 0.29) is 5.41 Å². The summed E-state index contributed by atoms with van der Waals surface area (Å²) in [6.45, 7) is 4.41. The molecule has 2 aromatic heterocycles. The van der Waals surface area contributed by atoms with E-state index < -0.39 is 0 Å². The SMILES string of the molecule is CCCC1(c2nc(-c3cccs3)n[nH]2)CCNCC1. The van der Waals surface area contributed by atoms with E-state index in [0.29, 0.717) is 0 Å². The number of nitrogens with zero attached hydrogens (tertiary/aromatic N) is 2. The van der Waals surface area contributed by atoms with Crippen molar-refractivity contribution in [2.24, 2.45) is 0 Å². The van der Waals surface area contributed by atoms with Crippen LogP contribution in [-0.2, 0) is 5.41 Å². The van der Waals surface area contributed by atoms with Crippen LogP contribution in [0.25, 0.3) is 10.7 Å². The topological polar surface area (TPSA) is 53.6 Å². The Morgan fingerprint density at radius 2 is 2.21 bits per heavy atom. The van der Waals surface area contributed by atoms with Crippen LogP contribution in [0.2, 0.25) is 0 Å². The summed E-state index contributed by atoms with van der Waals surface area (Å²) in [6, 6.07) is 4.12. The van der Waals surface area contributed by atoms with Gasteiger partial charge in [-0.25, -0.2) is 4.98 Å². The van der Waals surface area contributed by atoms with Crippen LogP contribution in [0.15, 0.2) is 17.5 Å². The highest BCUT2D eigenvalue weighted by molar-refractivity contribution is 7.13. The molecule has 3 heterocycles. The Morgan fingerprint density at radius 3 is 2.89 bits per heavy atom. The van der Waals surface area contributed by atoms with Crippen LogP contribution in [0.5, 0.6) is 0 Å². The second-order valence-corrected chi connectivity index (χ2v) is 6.21. The Balaban J connectivity index is 1.90. The number of aromatic nitrogens is 3. The van der Waals surface area contributed by atoms with Crippen molar-refractivity contribution in [3.8, 4) is 10.7 Å². The molecule has 2 N–H and O–H groups in total. The van der Waals surface area contributed by atoms with E-state index in [1.807, 2.05) is 6.07 Å². The summed E-state index contributed by atoms with van der Waals surface area (Å²) >= 11 is 1.69. The van der Waals surface area contributed by atoms with Crippen LogP contribution < -0.4 is 5.32 Å². The molecule has 3 rings (SSSR count). The summed E-state index contributed by atoms with van der Waals surface area (Å²) in [6.07, 6.45) is 4.68. The van der Waals surface area contributed by atoms with Crippen LogP contribution in [0, 0.1) is 0 Å². The highest BCUT2D eigenvalue weighted by Gasteiger charge is 2.36. The molecule has 0 saturated carbocycles. The van der Waals surface area contributed by atoms with Crippen molar-refractivity contribution < 1.29 is 0 Å². The lowest BCUT2D eigenvalue weighted by Crippen LogP contribution is -2.40. The maximum atomic E-state index is 4.78. The van der Waals surface area contributed by atoms with E-state index in [9.17, 15) is 0 Å². The van der Waals surface area contributed by atoms with Crippen LogP contribution >= 0.6 is 11.3 Å². The Bertz CT molecular complexity index is 506. The third kappa shape index (κ3) is 2.44. The van der Waals surface area contributed by atoms with Gasteiger partial charge >= 0.3 is 0 Å². The molecule has 0 bridgehead atoms. The number of thiophene rings is 1. The van der Waals surface area contributed by atoms with Crippen molar-refractivity contribution in [1.29, 1.82) is 0 Å². The molecule has 0 aromatic carbocycles. The maximum Gasteiger partial charge on any atom is 0.191 e. The summed E-state index contributed by atoms with van der Waals surface area (Å²) < 4.78 is 0. The van der Waals surface area contributed by atoms with E-state index in [0.717, 1.165) is 42.5 Å². The summed E-state index contributed by atoms with van der Waals surface area (Å²) in [5.41, 5.74) is 0.197. The first-order chi connectivity index (χ1) is 9.34. The third-order valence-electron chi connectivity index (χ3n) is 4.02. The largest absolute Gasteiger partial charge is 0.317 e. The highest BCUT2D eigenvalue weighted by atomic mass is 32.1. The molecule has 0 aliphatic carbocycles. The first-order valence-electron chi connectivity index (χ1n) is 7.01. The van der Waals surface area contributed by atoms with Crippen LogP contribution in [0.4, 0.5) is 0 Å². The average molecular weight is 276 g/mol. The Labute approximate surface area is 117 Å². The molecule has 1 aliphatic heterocycles. The molecule has 2 aromatic rings. The molecule has 1 fully saturated rings. The summed E-state index contributed by atoms with van der Waals surface area (Å²) in [5, 5.41) is 13.1. The van der Waals surface area contributed by atoms with Gasteiger partial charge in [-0.3, -0.25) is 5.10 Å². The fraction of sp³-hybridized carbons (Fsp3) is 0.571. The normalized spacial score (nSPS) is 18.6. The second kappa shape index (κ2) is 5.43. The minimum absolute atomic E-state index is 0.197. The van der Waals surface area contributed by atoms with E-state index in [4.69, 9.17) is 4.98 Å². The number of rotatable bonds is 4. The quantitative estimate of drug-likeness (QED) is 0.902. The molecule has 4 nitrogen and oxygen atoms in total. The van der Waals surface area contributed by atoms with Gasteiger partial charge in [0.15, 0.2) is 5.82 Å². The maximum absolute atomic E-state index is 4.78. The number of aromatic amines is 1. The molecule has 102 valence electrons. The Kier molecular flexibility index (Phi) is 3.66. The van der Waals surface area contributed by atoms with Gasteiger partial charge in [0.25, 0.3) is 0 Å². The van der Waals surface area contributed by atoms with E-state index in [2.05, 4.69) is 33.9 Å². The minimum Gasteiger partial charge on any atom is -0.317 e. The van der Waals surface area contributed by atoms with Gasteiger partial charge < -0.3 is 5.32 Å². The smallest absolute Gasteiger partial charge is 0.191 e. The van der Waals surface area contributed by atoms with Gasteiger partial charge in [0.2, 0.25) is 0 Å². The zero-order chi connectivity index (χ0) is 13.1. The van der Waals surface area contributed by atoms with Gasteiger partial charge in [-0.1, -0.05) is 19.4 Å². The molecule has 0 radical (unpaired) electrons. The predicted molar refractivity (Wildman–Crippen MR) is 78.4 cm³/mol. The zero-order valence-electron chi connectivity index (χ0n) is 11.3. The Hall–Kier alpha value is -1.20. The second-order valence-electron chi connectivity index (χ2n) is 5.27. The average Bonchev–Trinajstić information content (AvgIpc) is 3.11. The number of hydrogen-bond donors (Lipinski definition) is 2. The van der Waals surface area contributed by atoms with Crippen molar-refractivity contribution in [2.75, 3.05) is 13.1 Å². The van der Waals surface area contributed by atoms with Gasteiger partial charge in [-0.05, 0) is 43.8 Å². The van der Waals surface area contributed by atoms with Crippen molar-refractivity contribution >= 4 is 11.3 Å². The fourth-order valence-corrected chi connectivity index (χ4v) is 3.66. The van der Waals surface area contributed by atoms with Crippen LogP contribution in [0.1, 0.15) is 38.4 Å². The lowest BCUT2D eigenvalue weighted by atomic mass is 9.75. The number of H-pyrrole nitrogens is 1. The molecule has 5 heteroatoms. The molecule has 19 heavy (non-hydrogen) atoms. The van der Waals surface area contributed by atoms with Crippen molar-refractivity contribution in [3.05, 3.63) is 23.3 Å². The van der Waals surface area contributed by atoms with E-state index in [1.165, 1.54) is 12.8 Å². The monoisotopic (exact) mass is 276 g/mol. The molecule has 0 spiro atoms. The van der Waals surface area contributed by atoms with E-state index in [1.54, 1.807) is 11.3 Å². The van der Waals surface area contributed by atoms with Crippen molar-refractivity contribution in [3.63, 3.8) is 0 Å². The third-order valence-corrected chi connectivity index (χ3v) is 4.88. The molecular weight excluding hydrogens is 256 g/mol.